The lowest BCUT2D eigenvalue weighted by atomic mass is 9.55. The lowest BCUT2D eigenvalue weighted by molar-refractivity contribution is -0.154. The highest BCUT2D eigenvalue weighted by molar-refractivity contribution is 5.82. The number of amides is 2. The Morgan fingerprint density at radius 3 is 2.31 bits per heavy atom. The predicted octanol–water partition coefficient (Wildman–Crippen LogP) is 4.52. The largest absolute Gasteiger partial charge is 0.342 e. The minimum absolute atomic E-state index is 0.0993. The van der Waals surface area contributed by atoms with E-state index in [9.17, 15) is 9.59 Å². The van der Waals surface area contributed by atoms with Crippen molar-refractivity contribution in [2.75, 3.05) is 20.1 Å². The van der Waals surface area contributed by atoms with Crippen molar-refractivity contribution < 1.29 is 9.59 Å². The SMILES string of the molecule is CCC(=O)N(C)C1(C)CC(C(=O)N2CCC3(CC2)CC(c2ccccc2C)C3)C1. The predicted molar refractivity (Wildman–Crippen MR) is 116 cm³/mol. The van der Waals surface area contributed by atoms with Gasteiger partial charge in [0.05, 0.1) is 0 Å². The fourth-order valence-electron chi connectivity index (χ4n) is 6.11. The average molecular weight is 397 g/mol. The van der Waals surface area contributed by atoms with E-state index >= 15 is 0 Å². The third-order valence-electron chi connectivity index (χ3n) is 8.33. The van der Waals surface area contributed by atoms with E-state index in [0.29, 0.717) is 23.7 Å². The summed E-state index contributed by atoms with van der Waals surface area (Å²) in [6.07, 6.45) is 7.02. The number of aryl methyl sites for hydroxylation is 1. The quantitative estimate of drug-likeness (QED) is 0.751. The fraction of sp³-hybridized carbons (Fsp3) is 0.680. The van der Waals surface area contributed by atoms with Gasteiger partial charge in [-0.3, -0.25) is 9.59 Å². The first kappa shape index (κ1) is 20.4. The zero-order valence-corrected chi connectivity index (χ0v) is 18.5. The molecule has 0 aromatic heterocycles. The lowest BCUT2D eigenvalue weighted by Gasteiger charge is -2.55. The van der Waals surface area contributed by atoms with Gasteiger partial charge in [0.2, 0.25) is 11.8 Å². The van der Waals surface area contributed by atoms with Crippen LogP contribution in [0.4, 0.5) is 0 Å². The molecular weight excluding hydrogens is 360 g/mol. The molecule has 0 unspecified atom stereocenters. The van der Waals surface area contributed by atoms with E-state index in [1.807, 2.05) is 18.9 Å². The molecule has 4 nitrogen and oxygen atoms in total. The Labute approximate surface area is 175 Å². The van der Waals surface area contributed by atoms with Gasteiger partial charge in [-0.15, -0.1) is 0 Å². The van der Waals surface area contributed by atoms with Gasteiger partial charge in [-0.1, -0.05) is 31.2 Å². The molecule has 1 saturated heterocycles. The van der Waals surface area contributed by atoms with Crippen molar-refractivity contribution in [3.63, 3.8) is 0 Å². The summed E-state index contributed by atoms with van der Waals surface area (Å²) in [6, 6.07) is 8.80. The smallest absolute Gasteiger partial charge is 0.225 e. The molecule has 1 spiro atoms. The van der Waals surface area contributed by atoms with Crippen LogP contribution in [0.2, 0.25) is 0 Å². The highest BCUT2D eigenvalue weighted by atomic mass is 16.2. The summed E-state index contributed by atoms with van der Waals surface area (Å²) in [6.45, 7) is 8.07. The molecule has 1 aromatic carbocycles. The highest BCUT2D eigenvalue weighted by Gasteiger charge is 2.51. The van der Waals surface area contributed by atoms with Gasteiger partial charge in [0, 0.05) is 38.0 Å². The summed E-state index contributed by atoms with van der Waals surface area (Å²) in [5, 5.41) is 0. The molecular formula is C25H36N2O2. The number of benzene rings is 1. The average Bonchev–Trinajstić information content (AvgIpc) is 2.68. The van der Waals surface area contributed by atoms with Crippen LogP contribution in [0.5, 0.6) is 0 Å². The van der Waals surface area contributed by atoms with Crippen LogP contribution in [0.15, 0.2) is 24.3 Å². The zero-order valence-electron chi connectivity index (χ0n) is 18.5. The highest BCUT2D eigenvalue weighted by Crippen LogP contribution is 2.57. The number of carbonyl (C=O) groups excluding carboxylic acids is 2. The van der Waals surface area contributed by atoms with Crippen LogP contribution in [-0.2, 0) is 9.59 Å². The number of hydrogen-bond donors (Lipinski definition) is 0. The second-order valence-electron chi connectivity index (χ2n) is 10.2. The van der Waals surface area contributed by atoms with E-state index in [1.54, 1.807) is 0 Å². The standard InChI is InChI=1S/C25H36N2O2/c1-5-22(28)26(4)24(3)14-20(15-24)23(29)27-12-10-25(11-13-27)16-19(17-25)21-9-7-6-8-18(21)2/h6-9,19-20H,5,10-17H2,1-4H3. The van der Waals surface area contributed by atoms with Gasteiger partial charge in [0.1, 0.15) is 0 Å². The molecule has 1 heterocycles. The first-order chi connectivity index (χ1) is 13.8. The summed E-state index contributed by atoms with van der Waals surface area (Å²) >= 11 is 0. The van der Waals surface area contributed by atoms with E-state index in [4.69, 9.17) is 0 Å². The van der Waals surface area contributed by atoms with Crippen LogP contribution < -0.4 is 0 Å². The molecule has 29 heavy (non-hydrogen) atoms. The minimum atomic E-state index is -0.140. The van der Waals surface area contributed by atoms with Crippen molar-refractivity contribution in [2.45, 2.75) is 77.2 Å². The number of likely N-dealkylation sites (tertiary alicyclic amines) is 1. The molecule has 0 N–H and O–H groups in total. The maximum absolute atomic E-state index is 13.0. The van der Waals surface area contributed by atoms with E-state index in [-0.39, 0.29) is 17.4 Å². The molecule has 0 radical (unpaired) electrons. The van der Waals surface area contributed by atoms with Crippen LogP contribution in [0, 0.1) is 18.3 Å². The fourth-order valence-corrected chi connectivity index (χ4v) is 6.11. The first-order valence-electron chi connectivity index (χ1n) is 11.4. The van der Waals surface area contributed by atoms with Gasteiger partial charge in [0.15, 0.2) is 0 Å². The summed E-state index contributed by atoms with van der Waals surface area (Å²) in [4.78, 5) is 29.0. The lowest BCUT2D eigenvalue weighted by Crippen LogP contribution is -2.60. The van der Waals surface area contributed by atoms with Crippen molar-refractivity contribution >= 4 is 11.8 Å². The molecule has 3 aliphatic rings. The van der Waals surface area contributed by atoms with E-state index < -0.39 is 0 Å². The van der Waals surface area contributed by atoms with Gasteiger partial charge in [-0.05, 0) is 74.8 Å². The van der Waals surface area contributed by atoms with Crippen molar-refractivity contribution in [3.8, 4) is 0 Å². The van der Waals surface area contributed by atoms with Gasteiger partial charge < -0.3 is 9.80 Å². The van der Waals surface area contributed by atoms with E-state index in [0.717, 1.165) is 38.8 Å². The summed E-state index contributed by atoms with van der Waals surface area (Å²) < 4.78 is 0. The van der Waals surface area contributed by atoms with Gasteiger partial charge in [-0.25, -0.2) is 0 Å². The van der Waals surface area contributed by atoms with E-state index in [1.165, 1.54) is 24.0 Å². The Morgan fingerprint density at radius 1 is 1.10 bits per heavy atom. The zero-order chi connectivity index (χ0) is 20.8. The second kappa shape index (κ2) is 7.45. The normalized spacial score (nSPS) is 28.6. The van der Waals surface area contributed by atoms with Crippen LogP contribution in [0.1, 0.15) is 75.8 Å². The molecule has 2 saturated carbocycles. The summed E-state index contributed by atoms with van der Waals surface area (Å²) in [5.41, 5.74) is 3.26. The third-order valence-corrected chi connectivity index (χ3v) is 8.33. The number of rotatable bonds is 4. The topological polar surface area (TPSA) is 40.6 Å². The maximum Gasteiger partial charge on any atom is 0.225 e. The van der Waals surface area contributed by atoms with Gasteiger partial charge in [0.25, 0.3) is 0 Å². The van der Waals surface area contributed by atoms with Crippen molar-refractivity contribution in [1.82, 2.24) is 9.80 Å². The van der Waals surface area contributed by atoms with Crippen LogP contribution in [0.25, 0.3) is 0 Å². The number of hydrogen-bond acceptors (Lipinski definition) is 2. The Bertz CT molecular complexity index is 780. The molecule has 4 rings (SSSR count). The Kier molecular flexibility index (Phi) is 5.25. The number of piperidine rings is 1. The maximum atomic E-state index is 13.0. The molecule has 1 aromatic rings. The number of nitrogens with zero attached hydrogens (tertiary/aromatic N) is 2. The molecule has 158 valence electrons. The minimum Gasteiger partial charge on any atom is -0.342 e. The molecule has 2 amide bonds. The second-order valence-corrected chi connectivity index (χ2v) is 10.2. The monoisotopic (exact) mass is 396 g/mol. The van der Waals surface area contributed by atoms with Gasteiger partial charge in [-0.2, -0.15) is 0 Å². The van der Waals surface area contributed by atoms with Gasteiger partial charge >= 0.3 is 0 Å². The molecule has 2 aliphatic carbocycles. The summed E-state index contributed by atoms with van der Waals surface area (Å²) in [7, 11) is 1.89. The van der Waals surface area contributed by atoms with Crippen LogP contribution >= 0.6 is 0 Å². The number of carbonyl (C=O) groups is 2. The summed E-state index contributed by atoms with van der Waals surface area (Å²) in [5.74, 6) is 1.30. The van der Waals surface area contributed by atoms with Crippen LogP contribution in [0.3, 0.4) is 0 Å². The molecule has 4 heteroatoms. The molecule has 3 fully saturated rings. The Morgan fingerprint density at radius 2 is 1.72 bits per heavy atom. The molecule has 1 aliphatic heterocycles. The Balaban J connectivity index is 1.26. The Hall–Kier alpha value is -1.84. The molecule has 0 bridgehead atoms. The van der Waals surface area contributed by atoms with Crippen molar-refractivity contribution in [2.24, 2.45) is 11.3 Å². The van der Waals surface area contributed by atoms with Crippen molar-refractivity contribution in [1.29, 1.82) is 0 Å². The third kappa shape index (κ3) is 3.60. The van der Waals surface area contributed by atoms with Crippen LogP contribution in [-0.4, -0.2) is 47.3 Å². The van der Waals surface area contributed by atoms with Crippen molar-refractivity contribution in [3.05, 3.63) is 35.4 Å². The first-order valence-corrected chi connectivity index (χ1v) is 11.4. The molecule has 0 atom stereocenters. The van der Waals surface area contributed by atoms with E-state index in [2.05, 4.69) is 43.0 Å².